The van der Waals surface area contributed by atoms with Crippen molar-refractivity contribution < 1.29 is 4.74 Å². The van der Waals surface area contributed by atoms with Crippen molar-refractivity contribution >= 4 is 0 Å². The van der Waals surface area contributed by atoms with E-state index in [1.54, 1.807) is 0 Å². The molecule has 2 aliphatic carbocycles. The molecule has 0 amide bonds. The molecule has 0 aromatic heterocycles. The highest BCUT2D eigenvalue weighted by Crippen LogP contribution is 2.42. The summed E-state index contributed by atoms with van der Waals surface area (Å²) >= 11 is 0. The van der Waals surface area contributed by atoms with Gasteiger partial charge in [0.2, 0.25) is 0 Å². The maximum absolute atomic E-state index is 6.07. The quantitative estimate of drug-likeness (QED) is 0.846. The molecule has 2 saturated heterocycles. The normalized spacial score (nSPS) is 35.7. The molecule has 0 bridgehead atoms. The first-order valence-electron chi connectivity index (χ1n) is 9.42. The maximum atomic E-state index is 6.07. The van der Waals surface area contributed by atoms with Gasteiger partial charge in [0, 0.05) is 37.3 Å². The van der Waals surface area contributed by atoms with Crippen LogP contribution in [-0.4, -0.2) is 48.3 Å². The molecule has 3 nitrogen and oxygen atoms in total. The summed E-state index contributed by atoms with van der Waals surface area (Å²) in [6.45, 7) is 4.71. The summed E-state index contributed by atoms with van der Waals surface area (Å²) in [5.41, 5.74) is 0.914. The molecular formula is C18H32N2O. The lowest BCUT2D eigenvalue weighted by atomic mass is 9.84. The van der Waals surface area contributed by atoms with E-state index in [0.717, 1.165) is 6.61 Å². The number of nitrogens with one attached hydrogen (secondary N) is 1. The first kappa shape index (κ1) is 14.5. The number of ether oxygens (including phenoxy) is 1. The first-order chi connectivity index (χ1) is 10.3. The average molecular weight is 292 g/mol. The van der Waals surface area contributed by atoms with E-state index in [4.69, 9.17) is 4.74 Å². The lowest BCUT2D eigenvalue weighted by molar-refractivity contribution is -0.0569. The van der Waals surface area contributed by atoms with Gasteiger partial charge in [-0.15, -0.1) is 0 Å². The maximum Gasteiger partial charge on any atom is 0.0702 e. The molecule has 120 valence electrons. The molecule has 0 aromatic rings. The lowest BCUT2D eigenvalue weighted by Crippen LogP contribution is -2.69. The number of nitrogens with zero attached hydrogens (tertiary/aromatic N) is 1. The molecular weight excluding hydrogens is 260 g/mol. The highest BCUT2D eigenvalue weighted by molar-refractivity contribution is 5.09. The highest BCUT2D eigenvalue weighted by atomic mass is 16.5. The number of piperazine rings is 1. The van der Waals surface area contributed by atoms with Gasteiger partial charge in [-0.2, -0.15) is 0 Å². The number of rotatable bonds is 2. The standard InChI is InChI=1S/C18H32N2O/c1-6-12-21-16(7-1)13-20-15-17(8-2-3-9-17)19-14-18(20)10-4-5-11-18/h16,19H,1-15H2. The van der Waals surface area contributed by atoms with Gasteiger partial charge < -0.3 is 10.1 Å². The zero-order valence-corrected chi connectivity index (χ0v) is 13.5. The molecule has 4 fully saturated rings. The van der Waals surface area contributed by atoms with Gasteiger partial charge in [-0.25, -0.2) is 0 Å². The van der Waals surface area contributed by atoms with Crippen LogP contribution in [0.4, 0.5) is 0 Å². The Kier molecular flexibility index (Phi) is 4.01. The van der Waals surface area contributed by atoms with Crippen LogP contribution >= 0.6 is 0 Å². The predicted molar refractivity (Wildman–Crippen MR) is 85.6 cm³/mol. The number of hydrogen-bond donors (Lipinski definition) is 1. The van der Waals surface area contributed by atoms with Crippen molar-refractivity contribution in [3.05, 3.63) is 0 Å². The Labute approximate surface area is 129 Å². The van der Waals surface area contributed by atoms with Gasteiger partial charge in [0.15, 0.2) is 0 Å². The molecule has 2 saturated carbocycles. The van der Waals surface area contributed by atoms with E-state index in [0.29, 0.717) is 17.2 Å². The fraction of sp³-hybridized carbons (Fsp3) is 1.00. The van der Waals surface area contributed by atoms with Crippen LogP contribution in [0.25, 0.3) is 0 Å². The summed E-state index contributed by atoms with van der Waals surface area (Å²) in [5, 5.41) is 4.01. The third-order valence-corrected chi connectivity index (χ3v) is 6.75. The topological polar surface area (TPSA) is 24.5 Å². The summed E-state index contributed by atoms with van der Waals surface area (Å²) in [6, 6.07) is 0. The van der Waals surface area contributed by atoms with Crippen molar-refractivity contribution in [1.29, 1.82) is 0 Å². The second kappa shape index (κ2) is 5.82. The van der Waals surface area contributed by atoms with Crippen LogP contribution in [0.15, 0.2) is 0 Å². The van der Waals surface area contributed by atoms with E-state index < -0.39 is 0 Å². The number of hydrogen-bond acceptors (Lipinski definition) is 3. The molecule has 3 heteroatoms. The van der Waals surface area contributed by atoms with Gasteiger partial charge in [0.05, 0.1) is 6.10 Å². The Morgan fingerprint density at radius 3 is 2.43 bits per heavy atom. The second-order valence-corrected chi connectivity index (χ2v) is 8.14. The van der Waals surface area contributed by atoms with E-state index >= 15 is 0 Å². The molecule has 2 heterocycles. The lowest BCUT2D eigenvalue weighted by Gasteiger charge is -2.53. The molecule has 0 aromatic carbocycles. The minimum absolute atomic E-state index is 0.447. The van der Waals surface area contributed by atoms with Crippen LogP contribution in [-0.2, 0) is 4.74 Å². The van der Waals surface area contributed by atoms with Gasteiger partial charge in [0.1, 0.15) is 0 Å². The van der Waals surface area contributed by atoms with Gasteiger partial charge in [0.25, 0.3) is 0 Å². The van der Waals surface area contributed by atoms with Crippen molar-refractivity contribution in [2.24, 2.45) is 0 Å². The molecule has 2 aliphatic heterocycles. The first-order valence-corrected chi connectivity index (χ1v) is 9.42. The monoisotopic (exact) mass is 292 g/mol. The smallest absolute Gasteiger partial charge is 0.0702 e. The van der Waals surface area contributed by atoms with Gasteiger partial charge >= 0.3 is 0 Å². The zero-order valence-electron chi connectivity index (χ0n) is 13.5. The fourth-order valence-electron chi connectivity index (χ4n) is 5.42. The van der Waals surface area contributed by atoms with Gasteiger partial charge in [-0.1, -0.05) is 25.7 Å². The van der Waals surface area contributed by atoms with Crippen LogP contribution in [0.3, 0.4) is 0 Å². The Morgan fingerprint density at radius 2 is 1.71 bits per heavy atom. The van der Waals surface area contributed by atoms with E-state index in [1.807, 2.05) is 0 Å². The summed E-state index contributed by atoms with van der Waals surface area (Å²) in [7, 11) is 0. The summed E-state index contributed by atoms with van der Waals surface area (Å²) in [4.78, 5) is 2.89. The molecule has 4 aliphatic rings. The molecule has 0 radical (unpaired) electrons. The SMILES string of the molecule is C1CCC(CN2CC3(CCCC3)NCC23CCCC3)OC1. The highest BCUT2D eigenvalue weighted by Gasteiger charge is 2.49. The van der Waals surface area contributed by atoms with Crippen LogP contribution in [0.5, 0.6) is 0 Å². The molecule has 1 unspecified atom stereocenters. The van der Waals surface area contributed by atoms with Crippen molar-refractivity contribution in [2.45, 2.75) is 87.8 Å². The summed E-state index contributed by atoms with van der Waals surface area (Å²) < 4.78 is 6.07. The van der Waals surface area contributed by atoms with E-state index in [1.165, 1.54) is 90.3 Å². The zero-order chi connectivity index (χ0) is 14.2. The van der Waals surface area contributed by atoms with Crippen LogP contribution in [0.1, 0.15) is 70.6 Å². The van der Waals surface area contributed by atoms with E-state index in [2.05, 4.69) is 10.2 Å². The van der Waals surface area contributed by atoms with Gasteiger partial charge in [-0.3, -0.25) is 4.90 Å². The summed E-state index contributed by atoms with van der Waals surface area (Å²) in [5.74, 6) is 0. The van der Waals surface area contributed by atoms with Crippen molar-refractivity contribution in [2.75, 3.05) is 26.2 Å². The van der Waals surface area contributed by atoms with Crippen LogP contribution < -0.4 is 5.32 Å². The minimum Gasteiger partial charge on any atom is -0.377 e. The van der Waals surface area contributed by atoms with E-state index in [-0.39, 0.29) is 0 Å². The minimum atomic E-state index is 0.447. The van der Waals surface area contributed by atoms with Gasteiger partial charge in [-0.05, 0) is 44.9 Å². The van der Waals surface area contributed by atoms with Crippen LogP contribution in [0, 0.1) is 0 Å². The Morgan fingerprint density at radius 1 is 0.952 bits per heavy atom. The molecule has 21 heavy (non-hydrogen) atoms. The second-order valence-electron chi connectivity index (χ2n) is 8.14. The van der Waals surface area contributed by atoms with Crippen molar-refractivity contribution in [1.82, 2.24) is 10.2 Å². The van der Waals surface area contributed by atoms with Crippen molar-refractivity contribution in [3.8, 4) is 0 Å². The van der Waals surface area contributed by atoms with E-state index in [9.17, 15) is 0 Å². The Balaban J connectivity index is 1.49. The molecule has 4 rings (SSSR count). The van der Waals surface area contributed by atoms with Crippen LogP contribution in [0.2, 0.25) is 0 Å². The molecule has 2 spiro atoms. The summed E-state index contributed by atoms with van der Waals surface area (Å²) in [6.07, 6.45) is 15.7. The Hall–Kier alpha value is -0.120. The predicted octanol–water partition coefficient (Wildman–Crippen LogP) is 3.09. The third-order valence-electron chi connectivity index (χ3n) is 6.75. The Bertz CT molecular complexity index is 352. The molecule has 1 atom stereocenters. The third kappa shape index (κ3) is 2.77. The largest absolute Gasteiger partial charge is 0.377 e. The molecule has 1 N–H and O–H groups in total. The fourth-order valence-corrected chi connectivity index (χ4v) is 5.42. The van der Waals surface area contributed by atoms with Crippen molar-refractivity contribution in [3.63, 3.8) is 0 Å². The average Bonchev–Trinajstić information content (AvgIpc) is 3.15.